The van der Waals surface area contributed by atoms with Gasteiger partial charge in [-0.1, -0.05) is 24.3 Å². The van der Waals surface area contributed by atoms with E-state index in [1.54, 1.807) is 25.1 Å². The lowest BCUT2D eigenvalue weighted by molar-refractivity contribution is 0.485. The molecule has 0 amide bonds. The van der Waals surface area contributed by atoms with Crippen molar-refractivity contribution in [3.8, 4) is 0 Å². The highest BCUT2D eigenvalue weighted by atomic mass is 19.1. The fraction of sp³-hybridized carbons (Fsp3) is 0.250. The van der Waals surface area contributed by atoms with Crippen molar-refractivity contribution < 1.29 is 8.78 Å². The molecule has 0 aromatic heterocycles. The quantitative estimate of drug-likeness (QED) is 0.896. The van der Waals surface area contributed by atoms with E-state index in [0.29, 0.717) is 12.0 Å². The van der Waals surface area contributed by atoms with Crippen molar-refractivity contribution in [1.29, 1.82) is 0 Å². The van der Waals surface area contributed by atoms with Gasteiger partial charge in [0.2, 0.25) is 0 Å². The monoisotopic (exact) mass is 261 g/mol. The van der Waals surface area contributed by atoms with Crippen LogP contribution in [0, 0.1) is 18.6 Å². The van der Waals surface area contributed by atoms with Crippen LogP contribution >= 0.6 is 0 Å². The van der Waals surface area contributed by atoms with Crippen LogP contribution in [0.3, 0.4) is 0 Å². The number of benzene rings is 2. The average molecular weight is 261 g/mol. The molecule has 1 atom stereocenters. The smallest absolute Gasteiger partial charge is 0.126 e. The first-order valence-corrected chi connectivity index (χ1v) is 6.18. The lowest BCUT2D eigenvalue weighted by Crippen LogP contribution is -2.35. The Morgan fingerprint density at radius 3 is 2.26 bits per heavy atom. The van der Waals surface area contributed by atoms with Gasteiger partial charge in [0.05, 0.1) is 0 Å². The molecule has 1 unspecified atom stereocenters. The molecule has 0 saturated heterocycles. The Labute approximate surface area is 112 Å². The van der Waals surface area contributed by atoms with Crippen molar-refractivity contribution >= 4 is 0 Å². The zero-order chi connectivity index (χ0) is 14.0. The molecule has 0 radical (unpaired) electrons. The summed E-state index contributed by atoms with van der Waals surface area (Å²) in [5.41, 5.74) is 7.84. The highest BCUT2D eigenvalue weighted by Crippen LogP contribution is 2.24. The molecule has 2 aromatic rings. The Bertz CT molecular complexity index is 574. The average Bonchev–Trinajstić information content (AvgIpc) is 2.35. The first-order valence-electron chi connectivity index (χ1n) is 6.18. The first kappa shape index (κ1) is 13.7. The fourth-order valence-corrected chi connectivity index (χ4v) is 2.08. The van der Waals surface area contributed by atoms with Gasteiger partial charge in [-0.15, -0.1) is 0 Å². The minimum Gasteiger partial charge on any atom is -0.321 e. The second-order valence-electron chi connectivity index (χ2n) is 5.18. The third-order valence-electron chi connectivity index (χ3n) is 3.32. The minimum absolute atomic E-state index is 0.256. The van der Waals surface area contributed by atoms with Crippen LogP contribution in [0.2, 0.25) is 0 Å². The van der Waals surface area contributed by atoms with Gasteiger partial charge >= 0.3 is 0 Å². The maximum atomic E-state index is 13.6. The molecule has 2 aromatic carbocycles. The molecule has 1 nitrogen and oxygen atoms in total. The van der Waals surface area contributed by atoms with Crippen LogP contribution < -0.4 is 5.73 Å². The van der Waals surface area contributed by atoms with Crippen LogP contribution in [0.25, 0.3) is 0 Å². The van der Waals surface area contributed by atoms with Crippen molar-refractivity contribution in [2.45, 2.75) is 25.8 Å². The Morgan fingerprint density at radius 2 is 1.68 bits per heavy atom. The number of rotatable bonds is 3. The molecular formula is C16H17F2N. The zero-order valence-electron chi connectivity index (χ0n) is 11.1. The van der Waals surface area contributed by atoms with Gasteiger partial charge < -0.3 is 5.73 Å². The molecule has 0 bridgehead atoms. The van der Waals surface area contributed by atoms with Crippen LogP contribution in [0.5, 0.6) is 0 Å². The summed E-state index contributed by atoms with van der Waals surface area (Å²) in [7, 11) is 0. The van der Waals surface area contributed by atoms with Crippen molar-refractivity contribution in [1.82, 2.24) is 0 Å². The van der Waals surface area contributed by atoms with Crippen molar-refractivity contribution in [3.63, 3.8) is 0 Å². The third kappa shape index (κ3) is 3.18. The first-order chi connectivity index (χ1) is 8.88. The Kier molecular flexibility index (Phi) is 3.67. The maximum Gasteiger partial charge on any atom is 0.126 e. The maximum absolute atomic E-state index is 13.6. The Morgan fingerprint density at radius 1 is 1.05 bits per heavy atom. The second kappa shape index (κ2) is 5.10. The predicted octanol–water partition coefficient (Wildman–Crippen LogP) is 3.69. The van der Waals surface area contributed by atoms with Gasteiger partial charge in [0.25, 0.3) is 0 Å². The van der Waals surface area contributed by atoms with Gasteiger partial charge in [0.1, 0.15) is 11.6 Å². The van der Waals surface area contributed by atoms with E-state index in [-0.39, 0.29) is 11.6 Å². The van der Waals surface area contributed by atoms with E-state index in [1.807, 2.05) is 13.0 Å². The summed E-state index contributed by atoms with van der Waals surface area (Å²) in [5.74, 6) is -0.530. The number of halogens is 2. The highest BCUT2D eigenvalue weighted by Gasteiger charge is 2.22. The van der Waals surface area contributed by atoms with Crippen LogP contribution in [0.1, 0.15) is 23.6 Å². The molecule has 0 fully saturated rings. The van der Waals surface area contributed by atoms with E-state index < -0.39 is 5.54 Å². The van der Waals surface area contributed by atoms with E-state index in [4.69, 9.17) is 5.73 Å². The van der Waals surface area contributed by atoms with Gasteiger partial charge in [-0.2, -0.15) is 0 Å². The summed E-state index contributed by atoms with van der Waals surface area (Å²) in [5, 5.41) is 0. The molecular weight excluding hydrogens is 244 g/mol. The number of hydrogen-bond acceptors (Lipinski definition) is 1. The van der Waals surface area contributed by atoms with Crippen LogP contribution in [-0.4, -0.2) is 0 Å². The lowest BCUT2D eigenvalue weighted by atomic mass is 9.86. The van der Waals surface area contributed by atoms with Gasteiger partial charge in [-0.05, 0) is 55.2 Å². The van der Waals surface area contributed by atoms with Crippen molar-refractivity contribution in [2.24, 2.45) is 5.73 Å². The summed E-state index contributed by atoms with van der Waals surface area (Å²) in [6.45, 7) is 3.56. The van der Waals surface area contributed by atoms with E-state index in [1.165, 1.54) is 18.2 Å². The van der Waals surface area contributed by atoms with E-state index in [9.17, 15) is 8.78 Å². The van der Waals surface area contributed by atoms with Gasteiger partial charge in [-0.3, -0.25) is 0 Å². The zero-order valence-corrected chi connectivity index (χ0v) is 11.1. The number of hydrogen-bond donors (Lipinski definition) is 1. The lowest BCUT2D eigenvalue weighted by Gasteiger charge is -2.26. The second-order valence-corrected chi connectivity index (χ2v) is 5.18. The van der Waals surface area contributed by atoms with Crippen molar-refractivity contribution in [2.75, 3.05) is 0 Å². The molecule has 0 aliphatic heterocycles. The largest absolute Gasteiger partial charge is 0.321 e. The standard InChI is InChI=1S/C16H17F2N/c1-11-3-6-13(9-15(11)18)16(2,19)10-12-4-7-14(17)8-5-12/h3-9H,10,19H2,1-2H3. The Balaban J connectivity index is 2.26. The molecule has 0 heterocycles. The van der Waals surface area contributed by atoms with Crippen molar-refractivity contribution in [3.05, 3.63) is 70.8 Å². The summed E-state index contributed by atoms with van der Waals surface area (Å²) in [6, 6.07) is 11.2. The normalized spacial score (nSPS) is 14.2. The van der Waals surface area contributed by atoms with E-state index in [0.717, 1.165) is 11.1 Å². The summed E-state index contributed by atoms with van der Waals surface area (Å²) in [6.07, 6.45) is 0.524. The molecule has 0 saturated carbocycles. The fourth-order valence-electron chi connectivity index (χ4n) is 2.08. The molecule has 0 spiro atoms. The number of aryl methyl sites for hydroxylation is 1. The molecule has 0 aliphatic carbocycles. The SMILES string of the molecule is Cc1ccc(C(C)(N)Cc2ccc(F)cc2)cc1F. The topological polar surface area (TPSA) is 26.0 Å². The van der Waals surface area contributed by atoms with E-state index in [2.05, 4.69) is 0 Å². The summed E-state index contributed by atoms with van der Waals surface area (Å²) in [4.78, 5) is 0. The minimum atomic E-state index is -0.688. The van der Waals surface area contributed by atoms with Gasteiger partial charge in [-0.25, -0.2) is 8.78 Å². The van der Waals surface area contributed by atoms with E-state index >= 15 is 0 Å². The highest BCUT2D eigenvalue weighted by molar-refractivity contribution is 5.31. The summed E-state index contributed by atoms with van der Waals surface area (Å²) < 4.78 is 26.5. The number of nitrogens with two attached hydrogens (primary N) is 1. The van der Waals surface area contributed by atoms with Gasteiger partial charge in [0.15, 0.2) is 0 Å². The van der Waals surface area contributed by atoms with Gasteiger partial charge in [0, 0.05) is 5.54 Å². The Hall–Kier alpha value is -1.74. The van der Waals surface area contributed by atoms with Crippen LogP contribution in [0.15, 0.2) is 42.5 Å². The molecule has 19 heavy (non-hydrogen) atoms. The van der Waals surface area contributed by atoms with Crippen LogP contribution in [0.4, 0.5) is 8.78 Å². The molecule has 3 heteroatoms. The summed E-state index contributed by atoms with van der Waals surface area (Å²) >= 11 is 0. The third-order valence-corrected chi connectivity index (χ3v) is 3.32. The van der Waals surface area contributed by atoms with Crippen LogP contribution in [-0.2, 0) is 12.0 Å². The molecule has 100 valence electrons. The predicted molar refractivity (Wildman–Crippen MR) is 72.8 cm³/mol. The molecule has 0 aliphatic rings. The molecule has 2 N–H and O–H groups in total. The molecule has 2 rings (SSSR count).